The van der Waals surface area contributed by atoms with Crippen molar-refractivity contribution in [2.24, 2.45) is 0 Å². The Hall–Kier alpha value is -2.04. The fourth-order valence-corrected chi connectivity index (χ4v) is 1.37. The zero-order valence-electron chi connectivity index (χ0n) is 10.7. The average molecular weight is 249 g/mol. The monoisotopic (exact) mass is 249 g/mol. The van der Waals surface area contributed by atoms with Gasteiger partial charge in [-0.2, -0.15) is 0 Å². The molecule has 5 nitrogen and oxygen atoms in total. The fourth-order valence-electron chi connectivity index (χ4n) is 1.37. The van der Waals surface area contributed by atoms with Crippen LogP contribution in [-0.2, 0) is 9.53 Å². The molecule has 0 unspecified atom stereocenters. The molecule has 0 heterocycles. The van der Waals surface area contributed by atoms with Gasteiger partial charge in [0.2, 0.25) is 0 Å². The molecule has 0 saturated carbocycles. The van der Waals surface area contributed by atoms with Crippen LogP contribution < -0.4 is 11.1 Å². The Labute approximate surface area is 106 Å². The van der Waals surface area contributed by atoms with Crippen molar-refractivity contribution in [1.82, 2.24) is 11.1 Å². The molecule has 18 heavy (non-hydrogen) atoms. The van der Waals surface area contributed by atoms with E-state index in [0.717, 1.165) is 0 Å². The summed E-state index contributed by atoms with van der Waals surface area (Å²) in [5.74, 6) is -0.882. The second kappa shape index (κ2) is 5.53. The van der Waals surface area contributed by atoms with Gasteiger partial charge in [0.15, 0.2) is 0 Å². The molecule has 1 aromatic rings. The van der Waals surface area contributed by atoms with E-state index in [1.807, 2.05) is 0 Å². The minimum absolute atomic E-state index is 0.559. The Kier molecular flexibility index (Phi) is 4.31. The van der Waals surface area contributed by atoms with Crippen LogP contribution in [0, 0.1) is 0 Å². The highest BCUT2D eigenvalue weighted by Gasteiger charge is 2.24. The van der Waals surface area contributed by atoms with E-state index < -0.39 is 23.6 Å². The van der Waals surface area contributed by atoms with Gasteiger partial charge in [0.25, 0.3) is 5.91 Å². The molecule has 2 amide bonds. The lowest BCUT2D eigenvalue weighted by Crippen LogP contribution is -2.38. The number of carbonyl (C=O) groups is 2. The molecular formula is C13H17N2O3. The van der Waals surface area contributed by atoms with Gasteiger partial charge >= 0.3 is 6.09 Å². The summed E-state index contributed by atoms with van der Waals surface area (Å²) < 4.78 is 5.05. The number of amides is 2. The van der Waals surface area contributed by atoms with Gasteiger partial charge in [0.1, 0.15) is 11.6 Å². The number of hydrogen-bond acceptors (Lipinski definition) is 3. The first-order valence-corrected chi connectivity index (χ1v) is 5.59. The molecule has 2 N–H and O–H groups in total. The molecule has 0 fully saturated rings. The van der Waals surface area contributed by atoms with E-state index in [4.69, 9.17) is 10.5 Å². The molecule has 0 bridgehead atoms. The zero-order chi connectivity index (χ0) is 13.8. The van der Waals surface area contributed by atoms with Crippen molar-refractivity contribution in [3.8, 4) is 0 Å². The van der Waals surface area contributed by atoms with Crippen LogP contribution in [0.5, 0.6) is 0 Å². The topological polar surface area (TPSA) is 79.2 Å². The van der Waals surface area contributed by atoms with Crippen LogP contribution in [0.15, 0.2) is 30.3 Å². The number of alkyl carbamates (subject to hydrolysis) is 1. The Morgan fingerprint density at radius 1 is 1.22 bits per heavy atom. The summed E-state index contributed by atoms with van der Waals surface area (Å²) in [6.07, 6.45) is -0.711. The van der Waals surface area contributed by atoms with Crippen LogP contribution in [0.2, 0.25) is 0 Å². The van der Waals surface area contributed by atoms with Crippen LogP contribution in [0.1, 0.15) is 32.4 Å². The SMILES string of the molecule is CC(C)(C)OC(=O)N[C@H](C([NH])=O)c1ccccc1. The molecule has 97 valence electrons. The third-order valence-corrected chi connectivity index (χ3v) is 2.06. The van der Waals surface area contributed by atoms with Crippen molar-refractivity contribution >= 4 is 12.0 Å². The van der Waals surface area contributed by atoms with Crippen molar-refractivity contribution in [2.75, 3.05) is 0 Å². The average Bonchev–Trinajstić information content (AvgIpc) is 2.24. The molecule has 1 rings (SSSR count). The first-order valence-electron chi connectivity index (χ1n) is 5.59. The Morgan fingerprint density at radius 3 is 2.22 bits per heavy atom. The maximum absolute atomic E-state index is 11.6. The van der Waals surface area contributed by atoms with Crippen LogP contribution in [0.4, 0.5) is 4.79 Å². The van der Waals surface area contributed by atoms with E-state index >= 15 is 0 Å². The van der Waals surface area contributed by atoms with E-state index in [-0.39, 0.29) is 0 Å². The van der Waals surface area contributed by atoms with Gasteiger partial charge in [0.05, 0.1) is 0 Å². The predicted octanol–water partition coefficient (Wildman–Crippen LogP) is 2.06. The third-order valence-electron chi connectivity index (χ3n) is 2.06. The summed E-state index contributed by atoms with van der Waals surface area (Å²) in [6, 6.07) is 7.62. The van der Waals surface area contributed by atoms with Crippen molar-refractivity contribution in [3.63, 3.8) is 0 Å². The molecule has 0 spiro atoms. The van der Waals surface area contributed by atoms with Gasteiger partial charge < -0.3 is 10.1 Å². The lowest BCUT2D eigenvalue weighted by Gasteiger charge is -2.22. The number of carbonyl (C=O) groups excluding carboxylic acids is 2. The molecule has 0 aliphatic carbocycles. The molecule has 0 aromatic heterocycles. The second-order valence-electron chi connectivity index (χ2n) is 4.85. The highest BCUT2D eigenvalue weighted by Crippen LogP contribution is 2.14. The van der Waals surface area contributed by atoms with Gasteiger partial charge in [-0.1, -0.05) is 30.3 Å². The predicted molar refractivity (Wildman–Crippen MR) is 66.7 cm³/mol. The van der Waals surface area contributed by atoms with Crippen molar-refractivity contribution in [1.29, 1.82) is 0 Å². The maximum atomic E-state index is 11.6. The molecule has 5 heteroatoms. The largest absolute Gasteiger partial charge is 0.444 e. The Balaban J connectivity index is 2.77. The quantitative estimate of drug-likeness (QED) is 0.890. The standard InChI is InChI=1S/C13H17N2O3/c1-13(2,3)18-12(17)15-10(11(14)16)9-7-5-4-6-8-9/h4-8,10,14H,1-3H3,(H,15,17)/t10-/m0/s1. The van der Waals surface area contributed by atoms with Crippen LogP contribution >= 0.6 is 0 Å². The minimum Gasteiger partial charge on any atom is -0.444 e. The normalized spacial score (nSPS) is 12.6. The number of nitrogens with one attached hydrogen (secondary N) is 2. The lowest BCUT2D eigenvalue weighted by molar-refractivity contribution is -0.120. The van der Waals surface area contributed by atoms with Crippen LogP contribution in [0.3, 0.4) is 0 Å². The molecule has 1 aromatic carbocycles. The summed E-state index contributed by atoms with van der Waals surface area (Å²) in [5.41, 5.74) is 7.10. The van der Waals surface area contributed by atoms with E-state index in [2.05, 4.69) is 5.32 Å². The van der Waals surface area contributed by atoms with Gasteiger partial charge in [-0.05, 0) is 26.3 Å². The minimum atomic E-state index is -0.999. The first-order chi connectivity index (χ1) is 8.29. The molecule has 0 aliphatic rings. The highest BCUT2D eigenvalue weighted by atomic mass is 16.6. The summed E-state index contributed by atoms with van der Waals surface area (Å²) in [5, 5.41) is 2.39. The molecule has 1 atom stereocenters. The van der Waals surface area contributed by atoms with Crippen LogP contribution in [-0.4, -0.2) is 17.6 Å². The van der Waals surface area contributed by atoms with Gasteiger partial charge in [-0.3, -0.25) is 10.5 Å². The third kappa shape index (κ3) is 4.45. The van der Waals surface area contributed by atoms with Crippen molar-refractivity contribution < 1.29 is 14.3 Å². The van der Waals surface area contributed by atoms with Crippen molar-refractivity contribution in [2.45, 2.75) is 32.4 Å². The molecular weight excluding hydrogens is 232 g/mol. The summed E-state index contributed by atoms with van der Waals surface area (Å²) in [4.78, 5) is 22.8. The highest BCUT2D eigenvalue weighted by molar-refractivity contribution is 5.85. The molecule has 0 aliphatic heterocycles. The van der Waals surface area contributed by atoms with Crippen molar-refractivity contribution in [3.05, 3.63) is 35.9 Å². The number of benzene rings is 1. The number of rotatable bonds is 3. The van der Waals surface area contributed by atoms with E-state index in [1.165, 1.54) is 0 Å². The van der Waals surface area contributed by atoms with E-state index in [9.17, 15) is 9.59 Å². The van der Waals surface area contributed by atoms with Gasteiger partial charge in [0, 0.05) is 0 Å². The smallest absolute Gasteiger partial charge is 0.408 e. The second-order valence-corrected chi connectivity index (χ2v) is 4.85. The molecule has 1 radical (unpaired) electrons. The van der Waals surface area contributed by atoms with E-state index in [1.54, 1.807) is 51.1 Å². The van der Waals surface area contributed by atoms with E-state index in [0.29, 0.717) is 5.56 Å². The Bertz CT molecular complexity index is 424. The number of hydrogen-bond donors (Lipinski definition) is 1. The Morgan fingerprint density at radius 2 is 1.78 bits per heavy atom. The summed E-state index contributed by atoms with van der Waals surface area (Å²) in [6.45, 7) is 5.19. The zero-order valence-corrected chi connectivity index (χ0v) is 10.7. The maximum Gasteiger partial charge on any atom is 0.408 e. The lowest BCUT2D eigenvalue weighted by atomic mass is 10.1. The first kappa shape index (κ1) is 14.0. The van der Waals surface area contributed by atoms with Gasteiger partial charge in [-0.25, -0.2) is 4.79 Å². The van der Waals surface area contributed by atoms with Gasteiger partial charge in [-0.15, -0.1) is 0 Å². The van der Waals surface area contributed by atoms with Crippen LogP contribution in [0.25, 0.3) is 0 Å². The summed E-state index contributed by atoms with van der Waals surface area (Å²) >= 11 is 0. The number of ether oxygens (including phenoxy) is 1. The molecule has 0 saturated heterocycles. The fraction of sp³-hybridized carbons (Fsp3) is 0.385. The summed E-state index contributed by atoms with van der Waals surface area (Å²) in [7, 11) is 0.